The Morgan fingerprint density at radius 2 is 1.88 bits per heavy atom. The molecule has 13 heteroatoms. The van der Waals surface area contributed by atoms with Crippen LogP contribution in [0.25, 0.3) is 22.6 Å². The van der Waals surface area contributed by atoms with Crippen molar-refractivity contribution < 1.29 is 13.6 Å². The third-order valence-electron chi connectivity index (χ3n) is 5.90. The molecule has 0 aliphatic carbocycles. The molecule has 11 nitrogen and oxygen atoms in total. The first-order valence-corrected chi connectivity index (χ1v) is 12.4. The average molecular weight is 555 g/mol. The normalized spacial score (nSPS) is 11.1. The number of rotatable bonds is 8. The lowest BCUT2D eigenvalue weighted by molar-refractivity contribution is 0.0941. The van der Waals surface area contributed by atoms with Crippen molar-refractivity contribution in [2.75, 3.05) is 12.4 Å². The molecule has 0 fully saturated rings. The monoisotopic (exact) mass is 554 g/mol. The summed E-state index contributed by atoms with van der Waals surface area (Å²) in [5.41, 5.74) is 3.65. The van der Waals surface area contributed by atoms with Gasteiger partial charge in [0.25, 0.3) is 5.91 Å². The summed E-state index contributed by atoms with van der Waals surface area (Å²) in [4.78, 5) is 37.8. The summed E-state index contributed by atoms with van der Waals surface area (Å²) in [5, 5.41) is 12.7. The zero-order valence-corrected chi connectivity index (χ0v) is 22.3. The molecule has 3 N–H and O–H groups in total. The fraction of sp³-hybridized carbons (Fsp3) is 0.143. The predicted octanol–water partition coefficient (Wildman–Crippen LogP) is 4.34. The van der Waals surface area contributed by atoms with Crippen LogP contribution in [0.1, 0.15) is 33.1 Å². The third kappa shape index (κ3) is 6.41. The Morgan fingerprint density at radius 3 is 2.63 bits per heavy atom. The van der Waals surface area contributed by atoms with Crippen molar-refractivity contribution in [2.24, 2.45) is 4.99 Å². The van der Waals surface area contributed by atoms with Crippen molar-refractivity contribution >= 4 is 23.8 Å². The highest BCUT2D eigenvalue weighted by Gasteiger charge is 2.17. The van der Waals surface area contributed by atoms with Crippen molar-refractivity contribution in [3.8, 4) is 22.6 Å². The SMILES string of the molecule is C/N=C\c1cc(Nc2cc(C)nc(-c3cnc(C(=O)NCc4ccc(-c5cc(F)cnc5C)nc4)c(F)c3)n2)[nH]n1. The van der Waals surface area contributed by atoms with Crippen LogP contribution in [-0.2, 0) is 6.54 Å². The number of H-pyrrole nitrogens is 1. The highest BCUT2D eigenvalue weighted by Crippen LogP contribution is 2.22. The Morgan fingerprint density at radius 1 is 1.02 bits per heavy atom. The Kier molecular flexibility index (Phi) is 7.76. The number of anilines is 2. The smallest absolute Gasteiger partial charge is 0.273 e. The van der Waals surface area contributed by atoms with Crippen LogP contribution in [0, 0.1) is 25.5 Å². The second kappa shape index (κ2) is 11.7. The fourth-order valence-electron chi connectivity index (χ4n) is 3.95. The van der Waals surface area contributed by atoms with Crippen molar-refractivity contribution in [1.29, 1.82) is 0 Å². The minimum absolute atomic E-state index is 0.0881. The van der Waals surface area contributed by atoms with Gasteiger partial charge < -0.3 is 10.6 Å². The van der Waals surface area contributed by atoms with Crippen LogP contribution in [0.4, 0.5) is 20.4 Å². The summed E-state index contributed by atoms with van der Waals surface area (Å²) >= 11 is 0. The van der Waals surface area contributed by atoms with Gasteiger partial charge in [-0.2, -0.15) is 5.10 Å². The van der Waals surface area contributed by atoms with Crippen molar-refractivity contribution in [3.05, 3.63) is 95.0 Å². The summed E-state index contributed by atoms with van der Waals surface area (Å²) in [6.07, 6.45) is 5.64. The van der Waals surface area contributed by atoms with Gasteiger partial charge in [0, 0.05) is 66.8 Å². The Labute approximate surface area is 233 Å². The highest BCUT2D eigenvalue weighted by molar-refractivity contribution is 5.92. The molecule has 1 amide bonds. The molecule has 0 aromatic carbocycles. The van der Waals surface area contributed by atoms with E-state index in [1.54, 1.807) is 57.6 Å². The maximum absolute atomic E-state index is 15.0. The molecule has 206 valence electrons. The number of aromatic amines is 1. The molecule has 0 unspecified atom stereocenters. The molecular formula is C28H24F2N10O. The van der Waals surface area contributed by atoms with Crippen LogP contribution in [0.15, 0.2) is 60.0 Å². The van der Waals surface area contributed by atoms with Crippen LogP contribution >= 0.6 is 0 Å². The van der Waals surface area contributed by atoms with E-state index in [0.717, 1.165) is 12.3 Å². The largest absolute Gasteiger partial charge is 0.346 e. The Bertz CT molecular complexity index is 1750. The molecule has 0 bridgehead atoms. The zero-order valence-electron chi connectivity index (χ0n) is 22.3. The van der Waals surface area contributed by atoms with Crippen LogP contribution in [-0.4, -0.2) is 54.3 Å². The van der Waals surface area contributed by atoms with Crippen LogP contribution in [0.2, 0.25) is 0 Å². The third-order valence-corrected chi connectivity index (χ3v) is 5.90. The van der Waals surface area contributed by atoms with Gasteiger partial charge in [0.2, 0.25) is 0 Å². The average Bonchev–Trinajstić information content (AvgIpc) is 3.39. The number of carbonyl (C=O) groups is 1. The number of aliphatic imine (C=N–C) groups is 1. The number of hydrogen-bond donors (Lipinski definition) is 3. The van der Waals surface area contributed by atoms with E-state index in [9.17, 15) is 13.6 Å². The highest BCUT2D eigenvalue weighted by atomic mass is 19.1. The number of nitrogens with one attached hydrogen (secondary N) is 3. The van der Waals surface area contributed by atoms with E-state index in [0.29, 0.717) is 51.1 Å². The van der Waals surface area contributed by atoms with E-state index in [-0.39, 0.29) is 18.1 Å². The second-order valence-corrected chi connectivity index (χ2v) is 9.01. The van der Waals surface area contributed by atoms with E-state index in [1.807, 2.05) is 0 Å². The van der Waals surface area contributed by atoms with Gasteiger partial charge in [-0.25, -0.2) is 23.7 Å². The van der Waals surface area contributed by atoms with Gasteiger partial charge in [-0.05, 0) is 37.6 Å². The number of nitrogens with zero attached hydrogens (tertiary/aromatic N) is 7. The Hall–Kier alpha value is -5.46. The molecular weight excluding hydrogens is 530 g/mol. The van der Waals surface area contributed by atoms with E-state index < -0.39 is 17.5 Å². The number of halogens is 2. The number of aryl methyl sites for hydroxylation is 2. The van der Waals surface area contributed by atoms with Gasteiger partial charge >= 0.3 is 0 Å². The first-order chi connectivity index (χ1) is 19.8. The maximum atomic E-state index is 15.0. The minimum atomic E-state index is -0.820. The van der Waals surface area contributed by atoms with E-state index >= 15 is 0 Å². The summed E-state index contributed by atoms with van der Waals surface area (Å²) in [7, 11) is 1.65. The molecule has 5 aromatic heterocycles. The molecule has 41 heavy (non-hydrogen) atoms. The number of carbonyl (C=O) groups excluding carboxylic acids is 1. The van der Waals surface area contributed by atoms with Crippen molar-refractivity contribution in [1.82, 2.24) is 40.4 Å². The molecule has 0 atom stereocenters. The van der Waals surface area contributed by atoms with Gasteiger partial charge in [-0.3, -0.25) is 24.9 Å². The lowest BCUT2D eigenvalue weighted by Crippen LogP contribution is -2.25. The number of aromatic nitrogens is 7. The van der Waals surface area contributed by atoms with E-state index in [1.165, 1.54) is 12.3 Å². The number of hydrogen-bond acceptors (Lipinski definition) is 9. The molecule has 0 saturated heterocycles. The van der Waals surface area contributed by atoms with Crippen LogP contribution in [0.3, 0.4) is 0 Å². The topological polar surface area (TPSA) is 147 Å². The van der Waals surface area contributed by atoms with Crippen LogP contribution in [0.5, 0.6) is 0 Å². The van der Waals surface area contributed by atoms with Gasteiger partial charge in [0.15, 0.2) is 17.3 Å². The summed E-state index contributed by atoms with van der Waals surface area (Å²) < 4.78 is 28.6. The lowest BCUT2D eigenvalue weighted by atomic mass is 10.1. The van der Waals surface area contributed by atoms with E-state index in [4.69, 9.17) is 0 Å². The van der Waals surface area contributed by atoms with Gasteiger partial charge in [-0.15, -0.1) is 0 Å². The second-order valence-electron chi connectivity index (χ2n) is 9.01. The van der Waals surface area contributed by atoms with Gasteiger partial charge in [-0.1, -0.05) is 6.07 Å². The summed E-state index contributed by atoms with van der Waals surface area (Å²) in [5.74, 6) is -0.689. The lowest BCUT2D eigenvalue weighted by Gasteiger charge is -2.09. The maximum Gasteiger partial charge on any atom is 0.273 e. The van der Waals surface area contributed by atoms with E-state index in [2.05, 4.69) is 50.7 Å². The predicted molar refractivity (Wildman–Crippen MR) is 149 cm³/mol. The zero-order chi connectivity index (χ0) is 28.9. The fourth-order valence-corrected chi connectivity index (χ4v) is 3.95. The van der Waals surface area contributed by atoms with Gasteiger partial charge in [0.05, 0.1) is 11.9 Å². The molecule has 0 aliphatic heterocycles. The molecule has 0 saturated carbocycles. The standard InChI is InChI=1S/C28H24F2N10O/c1-15-6-24(37-25-9-20(14-31-3)39-40-25)38-27(36-15)18-7-22(30)26(34-12-18)28(41)35-11-17-4-5-23(33-10-17)21-8-19(29)13-32-16(21)2/h4-10,12-14H,11H2,1-3H3,(H,35,41)(H2,36,37,38,39,40)/b31-14-. The first kappa shape index (κ1) is 27.1. The molecule has 5 aromatic rings. The first-order valence-electron chi connectivity index (χ1n) is 12.4. The Balaban J connectivity index is 1.26. The van der Waals surface area contributed by atoms with Crippen molar-refractivity contribution in [2.45, 2.75) is 20.4 Å². The summed E-state index contributed by atoms with van der Waals surface area (Å²) in [6, 6.07) is 9.45. The van der Waals surface area contributed by atoms with Gasteiger partial charge in [0.1, 0.15) is 23.1 Å². The minimum Gasteiger partial charge on any atom is -0.346 e. The number of amides is 1. The molecule has 5 heterocycles. The number of pyridine rings is 3. The van der Waals surface area contributed by atoms with Crippen LogP contribution < -0.4 is 10.6 Å². The molecule has 0 spiro atoms. The quantitative estimate of drug-likeness (QED) is 0.240. The molecule has 0 radical (unpaired) electrons. The molecule has 0 aliphatic rings. The molecule has 5 rings (SSSR count). The summed E-state index contributed by atoms with van der Waals surface area (Å²) in [6.45, 7) is 3.63. The van der Waals surface area contributed by atoms with Crippen molar-refractivity contribution in [3.63, 3.8) is 0 Å².